The molecule has 0 atom stereocenters. The van der Waals surface area contributed by atoms with Gasteiger partial charge in [0.15, 0.2) is 0 Å². The van der Waals surface area contributed by atoms with Crippen LogP contribution in [0, 0.1) is 0 Å². The number of rotatable bonds is 5. The van der Waals surface area contributed by atoms with Crippen LogP contribution in [0.5, 0.6) is 0 Å². The van der Waals surface area contributed by atoms with Gasteiger partial charge in [-0.25, -0.2) is 9.67 Å². The van der Waals surface area contributed by atoms with Crippen molar-refractivity contribution in [3.63, 3.8) is 0 Å². The van der Waals surface area contributed by atoms with E-state index in [9.17, 15) is 4.79 Å². The molecule has 0 aliphatic heterocycles. The van der Waals surface area contributed by atoms with E-state index in [2.05, 4.69) is 25.5 Å². The summed E-state index contributed by atoms with van der Waals surface area (Å²) >= 11 is 1.40. The summed E-state index contributed by atoms with van der Waals surface area (Å²) in [5.41, 5.74) is 6.03. The van der Waals surface area contributed by atoms with Crippen molar-refractivity contribution in [3.8, 4) is 0 Å². The Hall–Kier alpha value is -2.26. The molecule has 9 heteroatoms. The van der Waals surface area contributed by atoms with Gasteiger partial charge in [-0.3, -0.25) is 4.79 Å². The molecule has 3 rings (SSSR count). The lowest BCUT2D eigenvalue weighted by Crippen LogP contribution is -2.13. The number of fused-ring (bicyclic) bond motifs is 1. The van der Waals surface area contributed by atoms with Gasteiger partial charge in [-0.05, 0) is 22.6 Å². The molecule has 0 radical (unpaired) electrons. The molecule has 3 aromatic rings. The second-order valence-corrected chi connectivity index (χ2v) is 5.23. The second kappa shape index (κ2) is 6.02. The molecule has 0 spiro atoms. The first-order valence-electron chi connectivity index (χ1n) is 6.35. The highest BCUT2D eigenvalue weighted by atomic mass is 32.2. The quantitative estimate of drug-likeness (QED) is 0.645. The molecular formula is C12H13N7OS. The number of H-pyrrole nitrogens is 1. The molecule has 108 valence electrons. The van der Waals surface area contributed by atoms with Gasteiger partial charge in [-0.1, -0.05) is 23.9 Å². The van der Waals surface area contributed by atoms with Crippen LogP contribution in [0.3, 0.4) is 0 Å². The summed E-state index contributed by atoms with van der Waals surface area (Å²) in [6, 6.07) is 7.24. The third kappa shape index (κ3) is 2.93. The number of aromatic amines is 1. The molecule has 3 N–H and O–H groups in total. The molecular weight excluding hydrogens is 290 g/mol. The number of nitrogens with zero attached hydrogens (tertiary/aromatic N) is 5. The van der Waals surface area contributed by atoms with E-state index in [1.165, 1.54) is 11.8 Å². The predicted molar refractivity (Wildman–Crippen MR) is 78.8 cm³/mol. The Bertz CT molecular complexity index is 812. The first kappa shape index (κ1) is 13.7. The summed E-state index contributed by atoms with van der Waals surface area (Å²) in [4.78, 5) is 19.2. The van der Waals surface area contributed by atoms with Crippen LogP contribution >= 0.6 is 11.8 Å². The van der Waals surface area contributed by atoms with Gasteiger partial charge in [-0.15, -0.1) is 5.10 Å². The molecule has 21 heavy (non-hydrogen) atoms. The number of hydrogen-bond donors (Lipinski definition) is 2. The highest BCUT2D eigenvalue weighted by Crippen LogP contribution is 2.18. The minimum Gasteiger partial charge on any atom is -0.329 e. The Balaban J connectivity index is 1.82. The van der Waals surface area contributed by atoms with Crippen LogP contribution in [0.4, 0.5) is 0 Å². The van der Waals surface area contributed by atoms with Crippen LogP contribution in [0.1, 0.15) is 5.82 Å². The van der Waals surface area contributed by atoms with Crippen LogP contribution in [0.2, 0.25) is 0 Å². The monoisotopic (exact) mass is 303 g/mol. The van der Waals surface area contributed by atoms with Crippen molar-refractivity contribution in [2.75, 3.05) is 6.54 Å². The fourth-order valence-electron chi connectivity index (χ4n) is 1.90. The molecule has 0 aliphatic rings. The lowest BCUT2D eigenvalue weighted by atomic mass is 10.2. The lowest BCUT2D eigenvalue weighted by molar-refractivity contribution is 0.557. The number of thioether (sulfide) groups is 1. The Morgan fingerprint density at radius 3 is 3.05 bits per heavy atom. The van der Waals surface area contributed by atoms with Crippen molar-refractivity contribution >= 4 is 22.7 Å². The largest absolute Gasteiger partial charge is 0.329 e. The summed E-state index contributed by atoms with van der Waals surface area (Å²) in [7, 11) is 0. The van der Waals surface area contributed by atoms with E-state index >= 15 is 0 Å². The Labute approximate surface area is 123 Å². The van der Waals surface area contributed by atoms with Gasteiger partial charge in [0.25, 0.3) is 5.56 Å². The highest BCUT2D eigenvalue weighted by molar-refractivity contribution is 7.98. The van der Waals surface area contributed by atoms with Crippen molar-refractivity contribution in [3.05, 3.63) is 40.4 Å². The molecule has 8 nitrogen and oxygen atoms in total. The molecule has 2 heterocycles. The maximum Gasteiger partial charge on any atom is 0.258 e. The van der Waals surface area contributed by atoms with Crippen LogP contribution in [-0.2, 0) is 12.3 Å². The van der Waals surface area contributed by atoms with E-state index in [1.54, 1.807) is 10.7 Å². The van der Waals surface area contributed by atoms with E-state index < -0.39 is 0 Å². The molecule has 1 aromatic carbocycles. The molecule has 0 saturated heterocycles. The second-order valence-electron chi connectivity index (χ2n) is 4.29. The number of para-hydroxylation sites is 1. The van der Waals surface area contributed by atoms with E-state index in [1.807, 2.05) is 18.2 Å². The molecule has 0 fully saturated rings. The fourth-order valence-corrected chi connectivity index (χ4v) is 2.67. The van der Waals surface area contributed by atoms with Crippen molar-refractivity contribution < 1.29 is 0 Å². The van der Waals surface area contributed by atoms with Gasteiger partial charge in [-0.2, -0.15) is 0 Å². The number of nitrogens with one attached hydrogen (secondary N) is 1. The third-order valence-corrected chi connectivity index (χ3v) is 3.81. The van der Waals surface area contributed by atoms with E-state index in [-0.39, 0.29) is 5.56 Å². The first-order chi connectivity index (χ1) is 10.3. The molecule has 2 aromatic heterocycles. The van der Waals surface area contributed by atoms with Crippen molar-refractivity contribution in [2.24, 2.45) is 5.73 Å². The van der Waals surface area contributed by atoms with Crippen LogP contribution in [-0.4, -0.2) is 36.7 Å². The number of nitrogens with two attached hydrogens (primary N) is 1. The third-order valence-electron chi connectivity index (χ3n) is 2.84. The average Bonchev–Trinajstić information content (AvgIpc) is 2.93. The zero-order chi connectivity index (χ0) is 14.7. The zero-order valence-corrected chi connectivity index (χ0v) is 11.9. The van der Waals surface area contributed by atoms with Gasteiger partial charge in [0.1, 0.15) is 5.82 Å². The van der Waals surface area contributed by atoms with Crippen molar-refractivity contribution in [1.29, 1.82) is 0 Å². The van der Waals surface area contributed by atoms with Crippen LogP contribution in [0.15, 0.2) is 34.2 Å². The van der Waals surface area contributed by atoms with Crippen molar-refractivity contribution in [1.82, 2.24) is 30.2 Å². The summed E-state index contributed by atoms with van der Waals surface area (Å²) in [6.07, 6.45) is 0. The first-order valence-corrected chi connectivity index (χ1v) is 7.33. The molecule has 0 unspecified atom stereocenters. The summed E-state index contributed by atoms with van der Waals surface area (Å²) < 4.78 is 1.63. The standard InChI is InChI=1S/C12H13N7OS/c13-5-6-19-12(16-17-18-19)21-7-10-14-9-4-2-1-3-8(9)11(20)15-10/h1-4H,5-7,13H2,(H,14,15,20). The van der Waals surface area contributed by atoms with E-state index in [0.717, 1.165) is 0 Å². The molecule has 0 bridgehead atoms. The van der Waals surface area contributed by atoms with Gasteiger partial charge in [0.2, 0.25) is 5.16 Å². The lowest BCUT2D eigenvalue weighted by Gasteiger charge is -2.03. The maximum absolute atomic E-state index is 12.0. The SMILES string of the molecule is NCCn1nnnc1SCc1nc2ccccc2c(=O)[nH]1. The highest BCUT2D eigenvalue weighted by Gasteiger charge is 2.08. The summed E-state index contributed by atoms with van der Waals surface area (Å²) in [5.74, 6) is 1.07. The number of benzene rings is 1. The van der Waals surface area contributed by atoms with Gasteiger partial charge in [0, 0.05) is 6.54 Å². The fraction of sp³-hybridized carbons (Fsp3) is 0.250. The number of aromatic nitrogens is 6. The summed E-state index contributed by atoms with van der Waals surface area (Å²) in [6.45, 7) is 1.01. The minimum atomic E-state index is -0.141. The molecule has 0 amide bonds. The van der Waals surface area contributed by atoms with Crippen LogP contribution in [0.25, 0.3) is 10.9 Å². The van der Waals surface area contributed by atoms with E-state index in [4.69, 9.17) is 5.73 Å². The van der Waals surface area contributed by atoms with Gasteiger partial charge < -0.3 is 10.7 Å². The number of tetrazole rings is 1. The van der Waals surface area contributed by atoms with Crippen molar-refractivity contribution in [2.45, 2.75) is 17.5 Å². The average molecular weight is 303 g/mol. The number of hydrogen-bond acceptors (Lipinski definition) is 7. The zero-order valence-electron chi connectivity index (χ0n) is 11.1. The Morgan fingerprint density at radius 2 is 2.19 bits per heavy atom. The Kier molecular flexibility index (Phi) is 3.93. The normalized spacial score (nSPS) is 11.1. The minimum absolute atomic E-state index is 0.141. The maximum atomic E-state index is 12.0. The Morgan fingerprint density at radius 1 is 1.33 bits per heavy atom. The molecule has 0 aliphatic carbocycles. The van der Waals surface area contributed by atoms with Crippen LogP contribution < -0.4 is 11.3 Å². The van der Waals surface area contributed by atoms with Gasteiger partial charge >= 0.3 is 0 Å². The smallest absolute Gasteiger partial charge is 0.258 e. The topological polar surface area (TPSA) is 115 Å². The predicted octanol–water partition coefficient (Wildman–Crippen LogP) is 0.161. The van der Waals surface area contributed by atoms with E-state index in [0.29, 0.717) is 40.7 Å². The summed E-state index contributed by atoms with van der Waals surface area (Å²) in [5, 5.41) is 12.6. The molecule has 0 saturated carbocycles. The van der Waals surface area contributed by atoms with Gasteiger partial charge in [0.05, 0.1) is 23.2 Å².